The zero-order valence-corrected chi connectivity index (χ0v) is 15.2. The van der Waals surface area contributed by atoms with E-state index in [1.807, 2.05) is 19.1 Å². The predicted octanol–water partition coefficient (Wildman–Crippen LogP) is 4.43. The van der Waals surface area contributed by atoms with Crippen molar-refractivity contribution in [2.24, 2.45) is 11.8 Å². The molecule has 0 radical (unpaired) electrons. The van der Waals surface area contributed by atoms with Gasteiger partial charge >= 0.3 is 5.97 Å². The van der Waals surface area contributed by atoms with Gasteiger partial charge in [-0.05, 0) is 44.4 Å². The van der Waals surface area contributed by atoms with Gasteiger partial charge in [0.15, 0.2) is 0 Å². The van der Waals surface area contributed by atoms with Crippen molar-refractivity contribution in [3.8, 4) is 0 Å². The van der Waals surface area contributed by atoms with Crippen LogP contribution in [0.5, 0.6) is 0 Å². The highest BCUT2D eigenvalue weighted by molar-refractivity contribution is 5.99. The van der Waals surface area contributed by atoms with E-state index in [0.29, 0.717) is 18.8 Å². The van der Waals surface area contributed by atoms with Crippen molar-refractivity contribution in [2.45, 2.75) is 64.7 Å². The molecule has 4 nitrogen and oxygen atoms in total. The normalized spacial score (nSPS) is 12.9. The van der Waals surface area contributed by atoms with Gasteiger partial charge < -0.3 is 4.74 Å². The van der Waals surface area contributed by atoms with E-state index in [-0.39, 0.29) is 24.4 Å². The number of hydrogen-bond acceptors (Lipinski definition) is 4. The van der Waals surface area contributed by atoms with E-state index in [1.165, 1.54) is 7.11 Å². The Morgan fingerprint density at radius 2 is 1.67 bits per heavy atom. The minimum atomic E-state index is -0.814. The topological polar surface area (TPSA) is 60.4 Å². The van der Waals surface area contributed by atoms with Crippen LogP contribution < -0.4 is 0 Å². The zero-order chi connectivity index (χ0) is 18.4. The summed E-state index contributed by atoms with van der Waals surface area (Å²) in [5.74, 6) is -1.08. The van der Waals surface area contributed by atoms with Crippen LogP contribution in [0.15, 0.2) is 25.3 Å². The van der Waals surface area contributed by atoms with Crippen LogP contribution in [0.25, 0.3) is 0 Å². The van der Waals surface area contributed by atoms with Crippen molar-refractivity contribution in [1.82, 2.24) is 0 Å². The summed E-state index contributed by atoms with van der Waals surface area (Å²) in [6.07, 6.45) is 9.27. The summed E-state index contributed by atoms with van der Waals surface area (Å²) in [6, 6.07) is 0. The number of carbonyl (C=O) groups excluding carboxylic acids is 3. The fourth-order valence-corrected chi connectivity index (χ4v) is 2.62. The maximum absolute atomic E-state index is 12.2. The number of Topliss-reactive ketones (excluding diaryl/α,β-unsaturated/α-hetero) is 2. The smallest absolute Gasteiger partial charge is 0.316 e. The molecular formula is C20H32O4. The molecule has 0 aromatic heterocycles. The van der Waals surface area contributed by atoms with Gasteiger partial charge in [0.1, 0.15) is 17.5 Å². The minimum Gasteiger partial charge on any atom is -0.468 e. The second-order valence-electron chi connectivity index (χ2n) is 6.33. The Balaban J connectivity index is 4.39. The number of allylic oxidation sites excluding steroid dienone is 2. The van der Waals surface area contributed by atoms with Crippen molar-refractivity contribution < 1.29 is 19.1 Å². The highest BCUT2D eigenvalue weighted by Crippen LogP contribution is 2.18. The molecule has 0 heterocycles. The van der Waals surface area contributed by atoms with E-state index >= 15 is 0 Å². The standard InChI is InChI=1S/C20H32O4/c1-5-7-9-10-12-19(22)18(20(23)24-4)14-13-17(21)15-16(3)11-8-6-2/h5-6,16,18H,1-2,7-15H2,3-4H3/t16-,18?/m1/s1. The Labute approximate surface area is 146 Å². The number of unbranched alkanes of at least 4 members (excludes halogenated alkanes) is 2. The molecular weight excluding hydrogens is 304 g/mol. The Bertz CT molecular complexity index is 425. The number of rotatable bonds is 15. The van der Waals surface area contributed by atoms with Gasteiger partial charge in [-0.15, -0.1) is 13.2 Å². The molecule has 0 saturated heterocycles. The van der Waals surface area contributed by atoms with Gasteiger partial charge in [-0.2, -0.15) is 0 Å². The van der Waals surface area contributed by atoms with Crippen molar-refractivity contribution in [2.75, 3.05) is 7.11 Å². The molecule has 0 N–H and O–H groups in total. The quantitative estimate of drug-likeness (QED) is 0.192. The van der Waals surface area contributed by atoms with Gasteiger partial charge in [0.25, 0.3) is 0 Å². The molecule has 0 amide bonds. The van der Waals surface area contributed by atoms with Gasteiger partial charge in [-0.25, -0.2) is 0 Å². The average molecular weight is 336 g/mol. The summed E-state index contributed by atoms with van der Waals surface area (Å²) in [4.78, 5) is 36.1. The van der Waals surface area contributed by atoms with Crippen LogP contribution in [0.3, 0.4) is 0 Å². The minimum absolute atomic E-state index is 0.0972. The first-order chi connectivity index (χ1) is 11.5. The molecule has 0 aliphatic heterocycles. The first-order valence-electron chi connectivity index (χ1n) is 8.80. The molecule has 4 heteroatoms. The molecule has 136 valence electrons. The van der Waals surface area contributed by atoms with Crippen molar-refractivity contribution in [3.05, 3.63) is 25.3 Å². The molecule has 24 heavy (non-hydrogen) atoms. The Hall–Kier alpha value is -1.71. The monoisotopic (exact) mass is 336 g/mol. The van der Waals surface area contributed by atoms with E-state index in [1.54, 1.807) is 0 Å². The molecule has 0 saturated carbocycles. The van der Waals surface area contributed by atoms with Crippen molar-refractivity contribution >= 4 is 17.5 Å². The molecule has 0 spiro atoms. The molecule has 2 atom stereocenters. The van der Waals surface area contributed by atoms with Crippen LogP contribution in [0.4, 0.5) is 0 Å². The van der Waals surface area contributed by atoms with Crippen LogP contribution in [-0.2, 0) is 19.1 Å². The second kappa shape index (κ2) is 13.7. The van der Waals surface area contributed by atoms with Crippen LogP contribution in [0, 0.1) is 11.8 Å². The lowest BCUT2D eigenvalue weighted by molar-refractivity contribution is -0.149. The van der Waals surface area contributed by atoms with Crippen LogP contribution in [-0.4, -0.2) is 24.6 Å². The molecule has 0 aliphatic carbocycles. The molecule has 0 bridgehead atoms. The van der Waals surface area contributed by atoms with E-state index in [2.05, 4.69) is 13.2 Å². The zero-order valence-electron chi connectivity index (χ0n) is 15.2. The number of carbonyl (C=O) groups is 3. The molecule has 0 aliphatic rings. The molecule has 0 aromatic carbocycles. The predicted molar refractivity (Wildman–Crippen MR) is 96.6 cm³/mol. The Kier molecular flexibility index (Phi) is 12.7. The number of methoxy groups -OCH3 is 1. The van der Waals surface area contributed by atoms with E-state index in [0.717, 1.165) is 32.1 Å². The maximum atomic E-state index is 12.2. The van der Waals surface area contributed by atoms with Gasteiger partial charge in [0, 0.05) is 19.3 Å². The highest BCUT2D eigenvalue weighted by Gasteiger charge is 2.27. The molecule has 0 fully saturated rings. The SMILES string of the molecule is C=CCCCCC(=O)C(CCC(=O)C[C@H](C)CCC=C)C(=O)OC. The van der Waals surface area contributed by atoms with Crippen molar-refractivity contribution in [1.29, 1.82) is 0 Å². The van der Waals surface area contributed by atoms with Gasteiger partial charge in [0.05, 0.1) is 7.11 Å². The summed E-state index contributed by atoms with van der Waals surface area (Å²) in [5.41, 5.74) is 0. The average Bonchev–Trinajstić information content (AvgIpc) is 2.56. The van der Waals surface area contributed by atoms with Gasteiger partial charge in [0.2, 0.25) is 0 Å². The van der Waals surface area contributed by atoms with E-state index < -0.39 is 11.9 Å². The number of ether oxygens (including phenoxy) is 1. The van der Waals surface area contributed by atoms with E-state index in [4.69, 9.17) is 4.74 Å². The Morgan fingerprint density at radius 3 is 2.25 bits per heavy atom. The molecule has 0 aromatic rings. The number of hydrogen-bond donors (Lipinski definition) is 0. The number of esters is 1. The van der Waals surface area contributed by atoms with Gasteiger partial charge in [-0.1, -0.05) is 19.1 Å². The molecule has 0 rings (SSSR count). The number of ketones is 2. The first-order valence-corrected chi connectivity index (χ1v) is 8.80. The van der Waals surface area contributed by atoms with E-state index in [9.17, 15) is 14.4 Å². The third kappa shape index (κ3) is 10.1. The van der Waals surface area contributed by atoms with Crippen LogP contribution in [0.1, 0.15) is 64.7 Å². The fraction of sp³-hybridized carbons (Fsp3) is 0.650. The largest absolute Gasteiger partial charge is 0.468 e. The molecule has 1 unspecified atom stereocenters. The second-order valence-corrected chi connectivity index (χ2v) is 6.33. The summed E-state index contributed by atoms with van der Waals surface area (Å²) in [6.45, 7) is 9.35. The van der Waals surface area contributed by atoms with Gasteiger partial charge in [-0.3, -0.25) is 14.4 Å². The van der Waals surface area contributed by atoms with Crippen LogP contribution >= 0.6 is 0 Å². The van der Waals surface area contributed by atoms with Crippen LogP contribution in [0.2, 0.25) is 0 Å². The lowest BCUT2D eigenvalue weighted by Gasteiger charge is -2.14. The maximum Gasteiger partial charge on any atom is 0.316 e. The Morgan fingerprint density at radius 1 is 1.00 bits per heavy atom. The third-order valence-corrected chi connectivity index (χ3v) is 4.11. The summed E-state index contributed by atoms with van der Waals surface area (Å²) < 4.78 is 4.73. The van der Waals surface area contributed by atoms with Crippen molar-refractivity contribution in [3.63, 3.8) is 0 Å². The first kappa shape index (κ1) is 22.3. The fourth-order valence-electron chi connectivity index (χ4n) is 2.62. The lowest BCUT2D eigenvalue weighted by atomic mass is 9.91. The third-order valence-electron chi connectivity index (χ3n) is 4.11. The lowest BCUT2D eigenvalue weighted by Crippen LogP contribution is -2.26. The summed E-state index contributed by atoms with van der Waals surface area (Å²) >= 11 is 0. The summed E-state index contributed by atoms with van der Waals surface area (Å²) in [5, 5.41) is 0. The summed E-state index contributed by atoms with van der Waals surface area (Å²) in [7, 11) is 1.28. The highest BCUT2D eigenvalue weighted by atomic mass is 16.5.